The number of rotatable bonds is 0. The molecule has 0 aromatic carbocycles. The van der Waals surface area contributed by atoms with Gasteiger partial charge in [-0.15, -0.1) is 0 Å². The molecule has 0 N–H and O–H groups in total. The maximum Gasteiger partial charge on any atom is 0.330 e. The summed E-state index contributed by atoms with van der Waals surface area (Å²) < 4.78 is 9.88. The second-order valence-electron chi connectivity index (χ2n) is 3.42. The van der Waals surface area contributed by atoms with Gasteiger partial charge in [0.05, 0.1) is 13.2 Å². The third-order valence-electron chi connectivity index (χ3n) is 2.03. The van der Waals surface area contributed by atoms with Crippen LogP contribution in [0.3, 0.4) is 0 Å². The first-order valence-electron chi connectivity index (χ1n) is 5.45. The second kappa shape index (κ2) is 7.68. The number of hydrogen-bond acceptors (Lipinski definition) is 4. The molecule has 1 rings (SSSR count). The van der Waals surface area contributed by atoms with E-state index in [1.165, 1.54) is 12.2 Å². The van der Waals surface area contributed by atoms with E-state index in [-0.39, 0.29) is 11.9 Å². The first-order valence-corrected chi connectivity index (χ1v) is 5.45. The summed E-state index contributed by atoms with van der Waals surface area (Å²) in [7, 11) is 0. The highest BCUT2D eigenvalue weighted by atomic mass is 16.5. The zero-order chi connectivity index (χ0) is 11.6. The van der Waals surface area contributed by atoms with E-state index in [0.717, 1.165) is 0 Å². The zero-order valence-electron chi connectivity index (χ0n) is 9.19. The van der Waals surface area contributed by atoms with Gasteiger partial charge in [-0.3, -0.25) is 0 Å². The van der Waals surface area contributed by atoms with Crippen LogP contribution in [0, 0.1) is 0 Å². The third kappa shape index (κ3) is 6.01. The molecule has 0 aromatic rings. The van der Waals surface area contributed by atoms with Gasteiger partial charge in [-0.25, -0.2) is 9.59 Å². The summed E-state index contributed by atoms with van der Waals surface area (Å²) in [4.78, 5) is 22.2. The topological polar surface area (TPSA) is 52.6 Å². The van der Waals surface area contributed by atoms with Gasteiger partial charge in [0.2, 0.25) is 0 Å². The van der Waals surface area contributed by atoms with Crippen molar-refractivity contribution in [1.82, 2.24) is 0 Å². The van der Waals surface area contributed by atoms with Crippen LogP contribution in [0.2, 0.25) is 0 Å². The quantitative estimate of drug-likeness (QED) is 0.588. The summed E-state index contributed by atoms with van der Waals surface area (Å²) in [5.74, 6) is -0.615. The van der Waals surface area contributed by atoms with Crippen LogP contribution in [0.15, 0.2) is 24.3 Å². The van der Waals surface area contributed by atoms with Crippen LogP contribution < -0.4 is 0 Å². The average molecular weight is 224 g/mol. The lowest BCUT2D eigenvalue weighted by Crippen LogP contribution is -2.04. The largest absolute Gasteiger partial charge is 0.463 e. The molecule has 0 amide bonds. The number of cyclic esters (lactones) is 2. The molecule has 0 saturated heterocycles. The number of esters is 2. The molecule has 0 aromatic heterocycles. The molecular weight excluding hydrogens is 208 g/mol. The summed E-state index contributed by atoms with van der Waals surface area (Å²) in [6.07, 6.45) is 9.13. The van der Waals surface area contributed by atoms with E-state index in [1.54, 1.807) is 12.2 Å². The van der Waals surface area contributed by atoms with Crippen LogP contribution >= 0.6 is 0 Å². The molecule has 4 heteroatoms. The highest BCUT2D eigenvalue weighted by molar-refractivity contribution is 5.82. The monoisotopic (exact) mass is 224 g/mol. The van der Waals surface area contributed by atoms with Crippen LogP contribution in [-0.4, -0.2) is 25.2 Å². The van der Waals surface area contributed by atoms with Gasteiger partial charge in [-0.1, -0.05) is 12.2 Å². The molecule has 1 aliphatic rings. The lowest BCUT2D eigenvalue weighted by molar-refractivity contribution is -0.139. The molecule has 16 heavy (non-hydrogen) atoms. The van der Waals surface area contributed by atoms with Gasteiger partial charge in [0.1, 0.15) is 0 Å². The molecule has 0 fully saturated rings. The fraction of sp³-hybridized carbons (Fsp3) is 0.500. The number of carbonyl (C=O) groups excluding carboxylic acids is 2. The maximum atomic E-state index is 11.1. The maximum absolute atomic E-state index is 11.1. The predicted molar refractivity (Wildman–Crippen MR) is 58.7 cm³/mol. The van der Waals surface area contributed by atoms with Gasteiger partial charge in [-0.05, 0) is 25.7 Å². The van der Waals surface area contributed by atoms with Gasteiger partial charge in [0, 0.05) is 12.2 Å². The molecule has 88 valence electrons. The van der Waals surface area contributed by atoms with Crippen molar-refractivity contribution >= 4 is 11.9 Å². The summed E-state index contributed by atoms with van der Waals surface area (Å²) in [5.41, 5.74) is 0. The van der Waals surface area contributed by atoms with E-state index in [4.69, 9.17) is 9.47 Å². The van der Waals surface area contributed by atoms with Gasteiger partial charge < -0.3 is 9.47 Å². The number of carbonyl (C=O) groups is 2. The van der Waals surface area contributed by atoms with E-state index in [1.807, 2.05) is 0 Å². The minimum absolute atomic E-state index is 0.307. The normalized spacial score (nSPS) is 23.8. The van der Waals surface area contributed by atoms with E-state index in [0.29, 0.717) is 38.9 Å². The molecule has 0 bridgehead atoms. The molecule has 1 heterocycles. The van der Waals surface area contributed by atoms with Crippen LogP contribution in [0.5, 0.6) is 0 Å². The van der Waals surface area contributed by atoms with Crippen LogP contribution in [0.4, 0.5) is 0 Å². The van der Waals surface area contributed by atoms with Crippen LogP contribution in [-0.2, 0) is 19.1 Å². The second-order valence-corrected chi connectivity index (χ2v) is 3.42. The van der Waals surface area contributed by atoms with Gasteiger partial charge in [0.15, 0.2) is 0 Å². The molecule has 0 aliphatic carbocycles. The Kier molecular flexibility index (Phi) is 5.99. The van der Waals surface area contributed by atoms with E-state index in [9.17, 15) is 9.59 Å². The van der Waals surface area contributed by atoms with Crippen molar-refractivity contribution in [1.29, 1.82) is 0 Å². The lowest BCUT2D eigenvalue weighted by atomic mass is 10.3. The lowest BCUT2D eigenvalue weighted by Gasteiger charge is -2.02. The van der Waals surface area contributed by atoms with Crippen molar-refractivity contribution in [2.45, 2.75) is 25.7 Å². The fourth-order valence-corrected chi connectivity index (χ4v) is 1.20. The minimum atomic E-state index is -0.307. The Morgan fingerprint density at radius 3 is 1.69 bits per heavy atom. The molecule has 0 unspecified atom stereocenters. The summed E-state index contributed by atoms with van der Waals surface area (Å²) >= 11 is 0. The first kappa shape index (κ1) is 12.5. The molecule has 0 saturated carbocycles. The molecule has 0 spiro atoms. The van der Waals surface area contributed by atoms with Crippen LogP contribution in [0.25, 0.3) is 0 Å². The van der Waals surface area contributed by atoms with Crippen molar-refractivity contribution in [2.75, 3.05) is 13.2 Å². The summed E-state index contributed by atoms with van der Waals surface area (Å²) in [6, 6.07) is 0. The SMILES string of the molecule is O=C1/C=C/CCCOC(=O)/C=C/CCCO1. The average Bonchev–Trinajstić information content (AvgIpc) is 2.27. The Bertz CT molecular complexity index is 261. The molecular formula is C12H16O4. The van der Waals surface area contributed by atoms with Crippen molar-refractivity contribution in [3.05, 3.63) is 24.3 Å². The van der Waals surface area contributed by atoms with E-state index >= 15 is 0 Å². The molecule has 0 radical (unpaired) electrons. The standard InChI is InChI=1S/C12H16O4/c13-11-7-3-1-5-9-15-12(14)8-4-2-6-10-16-11/h3-4,7-8H,1-2,5-6,9-10H2/b7-3+,8-4+. The number of hydrogen-bond donors (Lipinski definition) is 0. The predicted octanol–water partition coefficient (Wildman–Crippen LogP) is 1.76. The van der Waals surface area contributed by atoms with Crippen molar-refractivity contribution < 1.29 is 19.1 Å². The van der Waals surface area contributed by atoms with Gasteiger partial charge in [0.25, 0.3) is 0 Å². The summed E-state index contributed by atoms with van der Waals surface area (Å²) in [6.45, 7) is 0.755. The van der Waals surface area contributed by atoms with Crippen molar-refractivity contribution in [3.8, 4) is 0 Å². The Labute approximate surface area is 94.9 Å². The van der Waals surface area contributed by atoms with Gasteiger partial charge in [-0.2, -0.15) is 0 Å². The van der Waals surface area contributed by atoms with E-state index < -0.39 is 0 Å². The minimum Gasteiger partial charge on any atom is -0.463 e. The molecule has 4 nitrogen and oxygen atoms in total. The number of allylic oxidation sites excluding steroid dienone is 2. The first-order chi connectivity index (χ1) is 7.79. The fourth-order valence-electron chi connectivity index (χ4n) is 1.20. The summed E-state index contributed by atoms with van der Waals surface area (Å²) in [5, 5.41) is 0. The van der Waals surface area contributed by atoms with Crippen molar-refractivity contribution in [2.24, 2.45) is 0 Å². The third-order valence-corrected chi connectivity index (χ3v) is 2.03. The Hall–Kier alpha value is -1.58. The Morgan fingerprint density at radius 2 is 1.25 bits per heavy atom. The van der Waals surface area contributed by atoms with E-state index in [2.05, 4.69) is 0 Å². The smallest absolute Gasteiger partial charge is 0.330 e. The zero-order valence-corrected chi connectivity index (χ0v) is 9.19. The van der Waals surface area contributed by atoms with Crippen molar-refractivity contribution in [3.63, 3.8) is 0 Å². The number of ether oxygens (including phenoxy) is 2. The molecule has 1 aliphatic heterocycles. The Balaban J connectivity index is 2.40. The van der Waals surface area contributed by atoms with Crippen LogP contribution in [0.1, 0.15) is 25.7 Å². The highest BCUT2D eigenvalue weighted by Gasteiger charge is 1.99. The van der Waals surface area contributed by atoms with Gasteiger partial charge >= 0.3 is 11.9 Å². The highest BCUT2D eigenvalue weighted by Crippen LogP contribution is 1.98. The Morgan fingerprint density at radius 1 is 0.812 bits per heavy atom. The molecule has 0 atom stereocenters.